The van der Waals surface area contributed by atoms with Gasteiger partial charge in [0.2, 0.25) is 5.91 Å². The van der Waals surface area contributed by atoms with Crippen molar-refractivity contribution in [2.24, 2.45) is 0 Å². The molecular weight excluding hydrogens is 206 g/mol. The predicted octanol–water partition coefficient (Wildman–Crippen LogP) is 2.00. The lowest BCUT2D eigenvalue weighted by Gasteiger charge is -2.06. The van der Waals surface area contributed by atoms with Crippen LogP contribution in [0.1, 0.15) is 19.8 Å². The molecule has 0 spiro atoms. The molecule has 1 N–H and O–H groups in total. The van der Waals surface area contributed by atoms with Crippen LogP contribution < -0.4 is 10.1 Å². The molecule has 0 aliphatic rings. The van der Waals surface area contributed by atoms with E-state index in [2.05, 4.69) is 5.32 Å². The first kappa shape index (κ1) is 12.2. The lowest BCUT2D eigenvalue weighted by atomic mass is 10.2. The molecular formula is C12H15NO3. The number of amides is 1. The van der Waals surface area contributed by atoms with Gasteiger partial charge in [-0.1, -0.05) is 13.0 Å². The van der Waals surface area contributed by atoms with E-state index in [4.69, 9.17) is 4.74 Å². The van der Waals surface area contributed by atoms with Gasteiger partial charge in [-0.15, -0.1) is 0 Å². The molecule has 4 heteroatoms. The number of methoxy groups -OCH3 is 1. The highest BCUT2D eigenvalue weighted by Crippen LogP contribution is 2.16. The lowest BCUT2D eigenvalue weighted by Crippen LogP contribution is -2.15. The second-order valence-electron chi connectivity index (χ2n) is 3.35. The minimum atomic E-state index is -0.292. The van der Waals surface area contributed by atoms with E-state index in [9.17, 15) is 9.59 Å². The Kier molecular flexibility index (Phi) is 4.51. The quantitative estimate of drug-likeness (QED) is 0.774. The van der Waals surface area contributed by atoms with E-state index in [1.54, 1.807) is 38.3 Å². The summed E-state index contributed by atoms with van der Waals surface area (Å²) >= 11 is 0. The summed E-state index contributed by atoms with van der Waals surface area (Å²) in [6, 6.07) is 7.01. The van der Waals surface area contributed by atoms with Gasteiger partial charge < -0.3 is 10.1 Å². The first-order chi connectivity index (χ1) is 7.65. The second-order valence-corrected chi connectivity index (χ2v) is 3.35. The molecule has 0 saturated carbocycles. The highest BCUT2D eigenvalue weighted by Gasteiger charge is 2.07. The van der Waals surface area contributed by atoms with E-state index in [1.807, 2.05) is 0 Å². The molecule has 1 amide bonds. The highest BCUT2D eigenvalue weighted by atomic mass is 16.5. The van der Waals surface area contributed by atoms with Crippen molar-refractivity contribution in [3.05, 3.63) is 24.3 Å². The number of hydrogen-bond donors (Lipinski definition) is 1. The molecule has 0 atom stereocenters. The predicted molar refractivity (Wildman–Crippen MR) is 61.5 cm³/mol. The van der Waals surface area contributed by atoms with Crippen molar-refractivity contribution in [2.75, 3.05) is 12.4 Å². The fraction of sp³-hybridized carbons (Fsp3) is 0.333. The SMILES string of the molecule is CCC(=O)CC(=O)Nc1cccc(OC)c1. The van der Waals surface area contributed by atoms with Crippen LogP contribution >= 0.6 is 0 Å². The molecule has 0 fully saturated rings. The Hall–Kier alpha value is -1.84. The van der Waals surface area contributed by atoms with Gasteiger partial charge in [0.15, 0.2) is 0 Å². The molecule has 0 aliphatic carbocycles. The van der Waals surface area contributed by atoms with Crippen molar-refractivity contribution in [2.45, 2.75) is 19.8 Å². The largest absolute Gasteiger partial charge is 0.497 e. The average molecular weight is 221 g/mol. The molecule has 0 heterocycles. The van der Waals surface area contributed by atoms with Crippen LogP contribution in [0.15, 0.2) is 24.3 Å². The standard InChI is InChI=1S/C12H15NO3/c1-3-10(14)8-12(15)13-9-5-4-6-11(7-9)16-2/h4-7H,3,8H2,1-2H3,(H,13,15). The number of anilines is 1. The van der Waals surface area contributed by atoms with Crippen molar-refractivity contribution >= 4 is 17.4 Å². The third kappa shape index (κ3) is 3.73. The monoisotopic (exact) mass is 221 g/mol. The number of nitrogens with one attached hydrogen (secondary N) is 1. The van der Waals surface area contributed by atoms with Crippen molar-refractivity contribution in [3.8, 4) is 5.75 Å². The van der Waals surface area contributed by atoms with Gasteiger partial charge >= 0.3 is 0 Å². The summed E-state index contributed by atoms with van der Waals surface area (Å²) in [5.74, 6) is 0.306. The van der Waals surface area contributed by atoms with Gasteiger partial charge in [0.05, 0.1) is 13.5 Å². The molecule has 1 aromatic carbocycles. The van der Waals surface area contributed by atoms with Crippen LogP contribution in [0.3, 0.4) is 0 Å². The van der Waals surface area contributed by atoms with Crippen molar-refractivity contribution in [3.63, 3.8) is 0 Å². The van der Waals surface area contributed by atoms with E-state index in [1.165, 1.54) is 0 Å². The van der Waals surface area contributed by atoms with Crippen LogP contribution in [0.2, 0.25) is 0 Å². The van der Waals surface area contributed by atoms with Gasteiger partial charge in [-0.3, -0.25) is 9.59 Å². The normalized spacial score (nSPS) is 9.62. The molecule has 0 saturated heterocycles. The summed E-state index contributed by atoms with van der Waals surface area (Å²) < 4.78 is 5.02. The van der Waals surface area contributed by atoms with Gasteiger partial charge in [-0.25, -0.2) is 0 Å². The zero-order chi connectivity index (χ0) is 12.0. The molecule has 4 nitrogen and oxygen atoms in total. The van der Waals surface area contributed by atoms with Crippen LogP contribution in [0.4, 0.5) is 5.69 Å². The smallest absolute Gasteiger partial charge is 0.231 e. The van der Waals surface area contributed by atoms with E-state index in [0.29, 0.717) is 17.9 Å². The number of carbonyl (C=O) groups excluding carboxylic acids is 2. The van der Waals surface area contributed by atoms with Crippen LogP contribution in [0.5, 0.6) is 5.75 Å². The first-order valence-corrected chi connectivity index (χ1v) is 5.11. The van der Waals surface area contributed by atoms with Crippen LogP contribution in [-0.4, -0.2) is 18.8 Å². The zero-order valence-corrected chi connectivity index (χ0v) is 9.45. The van der Waals surface area contributed by atoms with Crippen molar-refractivity contribution in [1.82, 2.24) is 0 Å². The van der Waals surface area contributed by atoms with Crippen LogP contribution in [0.25, 0.3) is 0 Å². The van der Waals surface area contributed by atoms with E-state index < -0.39 is 0 Å². The highest BCUT2D eigenvalue weighted by molar-refractivity contribution is 6.04. The molecule has 0 aromatic heterocycles. The summed E-state index contributed by atoms with van der Waals surface area (Å²) in [5, 5.41) is 2.64. The summed E-state index contributed by atoms with van der Waals surface area (Å²) in [6.45, 7) is 1.74. The van der Waals surface area contributed by atoms with Gasteiger partial charge in [0.25, 0.3) is 0 Å². The Labute approximate surface area is 94.6 Å². The van der Waals surface area contributed by atoms with E-state index in [-0.39, 0.29) is 18.1 Å². The van der Waals surface area contributed by atoms with E-state index in [0.717, 1.165) is 0 Å². The number of rotatable bonds is 5. The minimum Gasteiger partial charge on any atom is -0.497 e. The first-order valence-electron chi connectivity index (χ1n) is 5.11. The van der Waals surface area contributed by atoms with Gasteiger partial charge in [0, 0.05) is 18.2 Å². The molecule has 0 bridgehead atoms. The van der Waals surface area contributed by atoms with Crippen molar-refractivity contribution in [1.29, 1.82) is 0 Å². The number of carbonyl (C=O) groups is 2. The number of ketones is 1. The molecule has 16 heavy (non-hydrogen) atoms. The number of Topliss-reactive ketones (excluding diaryl/α,β-unsaturated/α-hetero) is 1. The molecule has 1 aromatic rings. The molecule has 0 radical (unpaired) electrons. The number of benzene rings is 1. The Balaban J connectivity index is 2.59. The third-order valence-corrected chi connectivity index (χ3v) is 2.11. The summed E-state index contributed by atoms with van der Waals surface area (Å²) in [7, 11) is 1.56. The summed E-state index contributed by atoms with van der Waals surface area (Å²) in [6.07, 6.45) is 0.305. The number of hydrogen-bond acceptors (Lipinski definition) is 3. The summed E-state index contributed by atoms with van der Waals surface area (Å²) in [5.41, 5.74) is 0.633. The van der Waals surface area contributed by atoms with Gasteiger partial charge in [-0.2, -0.15) is 0 Å². The van der Waals surface area contributed by atoms with Gasteiger partial charge in [-0.05, 0) is 12.1 Å². The maximum atomic E-state index is 11.4. The molecule has 0 unspecified atom stereocenters. The maximum Gasteiger partial charge on any atom is 0.231 e. The third-order valence-electron chi connectivity index (χ3n) is 2.11. The molecule has 0 aliphatic heterocycles. The zero-order valence-electron chi connectivity index (χ0n) is 9.45. The minimum absolute atomic E-state index is 0.0691. The Bertz CT molecular complexity index is 388. The van der Waals surface area contributed by atoms with Crippen molar-refractivity contribution < 1.29 is 14.3 Å². The number of ether oxygens (including phenoxy) is 1. The van der Waals surface area contributed by atoms with Gasteiger partial charge in [0.1, 0.15) is 11.5 Å². The van der Waals surface area contributed by atoms with Crippen LogP contribution in [0, 0.1) is 0 Å². The van der Waals surface area contributed by atoms with E-state index >= 15 is 0 Å². The Morgan fingerprint density at radius 3 is 2.75 bits per heavy atom. The topological polar surface area (TPSA) is 55.4 Å². The fourth-order valence-electron chi connectivity index (χ4n) is 1.21. The maximum absolute atomic E-state index is 11.4. The fourth-order valence-corrected chi connectivity index (χ4v) is 1.21. The lowest BCUT2D eigenvalue weighted by molar-refractivity contribution is -0.125. The molecule has 1 rings (SSSR count). The Morgan fingerprint density at radius 1 is 1.38 bits per heavy atom. The second kappa shape index (κ2) is 5.90. The average Bonchev–Trinajstić information content (AvgIpc) is 2.28. The molecule has 86 valence electrons. The summed E-state index contributed by atoms with van der Waals surface area (Å²) in [4.78, 5) is 22.5. The Morgan fingerprint density at radius 2 is 2.12 bits per heavy atom. The van der Waals surface area contributed by atoms with Crippen LogP contribution in [-0.2, 0) is 9.59 Å².